The molecule has 1 aliphatic carbocycles. The van der Waals surface area contributed by atoms with Gasteiger partial charge in [-0.25, -0.2) is 0 Å². The fourth-order valence-corrected chi connectivity index (χ4v) is 2.58. The first-order valence-electron chi connectivity index (χ1n) is 6.65. The lowest BCUT2D eigenvalue weighted by atomic mass is 9.92. The molecule has 2 rings (SSSR count). The van der Waals surface area contributed by atoms with Gasteiger partial charge in [0.2, 0.25) is 5.91 Å². The predicted molar refractivity (Wildman–Crippen MR) is 65.2 cm³/mol. The van der Waals surface area contributed by atoms with Crippen LogP contribution in [0.3, 0.4) is 0 Å². The largest absolute Gasteiger partial charge is 0.354 e. The first-order valence-corrected chi connectivity index (χ1v) is 6.65. The van der Waals surface area contributed by atoms with E-state index in [1.807, 2.05) is 0 Å². The number of carbonyl (C=O) groups excluding carboxylic acids is 1. The van der Waals surface area contributed by atoms with Gasteiger partial charge >= 0.3 is 0 Å². The molecule has 2 fully saturated rings. The molecule has 0 radical (unpaired) electrons. The first kappa shape index (κ1) is 11.9. The van der Waals surface area contributed by atoms with Crippen LogP contribution < -0.4 is 10.6 Å². The Morgan fingerprint density at radius 3 is 2.69 bits per heavy atom. The monoisotopic (exact) mass is 224 g/mol. The van der Waals surface area contributed by atoms with Crippen molar-refractivity contribution in [1.29, 1.82) is 0 Å². The van der Waals surface area contributed by atoms with Crippen molar-refractivity contribution in [3.63, 3.8) is 0 Å². The van der Waals surface area contributed by atoms with Gasteiger partial charge in [0.05, 0.1) is 6.04 Å². The third-order valence-corrected chi connectivity index (χ3v) is 4.36. The van der Waals surface area contributed by atoms with Crippen LogP contribution in [0, 0.1) is 11.3 Å². The first-order chi connectivity index (χ1) is 7.64. The highest BCUT2D eigenvalue weighted by Gasteiger charge is 2.45. The van der Waals surface area contributed by atoms with Crippen LogP contribution >= 0.6 is 0 Å². The minimum Gasteiger partial charge on any atom is -0.354 e. The van der Waals surface area contributed by atoms with E-state index in [1.165, 1.54) is 25.7 Å². The lowest BCUT2D eigenvalue weighted by Crippen LogP contribution is -2.48. The second-order valence-corrected chi connectivity index (χ2v) is 5.74. The molecule has 2 N–H and O–H groups in total. The fourth-order valence-electron chi connectivity index (χ4n) is 2.58. The highest BCUT2D eigenvalue weighted by Crippen LogP contribution is 2.51. The summed E-state index contributed by atoms with van der Waals surface area (Å²) in [4.78, 5) is 11.9. The lowest BCUT2D eigenvalue weighted by molar-refractivity contribution is -0.124. The maximum atomic E-state index is 11.9. The number of hydrogen-bond donors (Lipinski definition) is 2. The normalized spacial score (nSPS) is 27.8. The molecular formula is C13H24N2O. The number of rotatable bonds is 4. The Morgan fingerprint density at radius 1 is 1.44 bits per heavy atom. The zero-order chi connectivity index (χ0) is 11.6. The maximum Gasteiger partial charge on any atom is 0.237 e. The molecule has 2 aliphatic rings. The number of nitrogens with one attached hydrogen (secondary N) is 2. The molecule has 0 unspecified atom stereocenters. The second kappa shape index (κ2) is 4.74. The molecule has 1 aliphatic heterocycles. The third kappa shape index (κ3) is 2.57. The molecule has 0 aromatic carbocycles. The van der Waals surface area contributed by atoms with Crippen molar-refractivity contribution in [3.05, 3.63) is 0 Å². The van der Waals surface area contributed by atoms with Gasteiger partial charge in [-0.15, -0.1) is 0 Å². The Morgan fingerprint density at radius 2 is 2.19 bits per heavy atom. The zero-order valence-electron chi connectivity index (χ0n) is 10.5. The van der Waals surface area contributed by atoms with Gasteiger partial charge in [0.25, 0.3) is 0 Å². The third-order valence-electron chi connectivity index (χ3n) is 4.36. The van der Waals surface area contributed by atoms with Gasteiger partial charge in [-0.05, 0) is 43.6 Å². The van der Waals surface area contributed by atoms with Gasteiger partial charge < -0.3 is 10.6 Å². The highest BCUT2D eigenvalue weighted by molar-refractivity contribution is 5.81. The van der Waals surface area contributed by atoms with Crippen LogP contribution in [0.2, 0.25) is 0 Å². The molecule has 0 spiro atoms. The van der Waals surface area contributed by atoms with Crippen molar-refractivity contribution in [2.24, 2.45) is 11.3 Å². The van der Waals surface area contributed by atoms with Gasteiger partial charge in [0, 0.05) is 6.54 Å². The van der Waals surface area contributed by atoms with E-state index < -0.39 is 0 Å². The molecule has 0 aromatic rings. The van der Waals surface area contributed by atoms with Crippen molar-refractivity contribution in [2.45, 2.75) is 52.0 Å². The van der Waals surface area contributed by atoms with Crippen molar-refractivity contribution in [2.75, 3.05) is 13.1 Å². The van der Waals surface area contributed by atoms with Crippen molar-refractivity contribution in [1.82, 2.24) is 10.6 Å². The molecule has 1 heterocycles. The molecule has 3 nitrogen and oxygen atoms in total. The van der Waals surface area contributed by atoms with E-state index in [0.29, 0.717) is 11.3 Å². The number of piperidine rings is 1. The van der Waals surface area contributed by atoms with Gasteiger partial charge in [0.15, 0.2) is 0 Å². The van der Waals surface area contributed by atoms with E-state index in [2.05, 4.69) is 24.5 Å². The highest BCUT2D eigenvalue weighted by atomic mass is 16.2. The molecule has 1 amide bonds. The summed E-state index contributed by atoms with van der Waals surface area (Å²) >= 11 is 0. The van der Waals surface area contributed by atoms with Crippen molar-refractivity contribution >= 4 is 5.91 Å². The minimum atomic E-state index is 0.0664. The Hall–Kier alpha value is -0.570. The molecule has 0 aromatic heterocycles. The Balaban J connectivity index is 1.75. The molecule has 0 bridgehead atoms. The summed E-state index contributed by atoms with van der Waals surface area (Å²) in [6, 6.07) is 0.0664. The number of carbonyl (C=O) groups is 1. The smallest absolute Gasteiger partial charge is 0.237 e. The SMILES string of the molecule is CC(C)C1(CNC(=O)[C@H]2CCCCN2)CC1. The van der Waals surface area contributed by atoms with E-state index >= 15 is 0 Å². The van der Waals surface area contributed by atoms with Crippen molar-refractivity contribution in [3.8, 4) is 0 Å². The summed E-state index contributed by atoms with van der Waals surface area (Å²) in [6.45, 7) is 6.39. The Bertz CT molecular complexity index is 253. The van der Waals surface area contributed by atoms with Crippen LogP contribution in [0.15, 0.2) is 0 Å². The molecule has 3 heteroatoms. The van der Waals surface area contributed by atoms with Crippen LogP contribution in [-0.2, 0) is 4.79 Å². The maximum absolute atomic E-state index is 11.9. The summed E-state index contributed by atoms with van der Waals surface area (Å²) < 4.78 is 0. The molecule has 1 saturated carbocycles. The van der Waals surface area contributed by atoms with Crippen LogP contribution in [0.1, 0.15) is 46.0 Å². The van der Waals surface area contributed by atoms with Crippen molar-refractivity contribution < 1.29 is 4.79 Å². The molecule has 1 saturated heterocycles. The van der Waals surface area contributed by atoms with Crippen LogP contribution in [0.25, 0.3) is 0 Å². The van der Waals surface area contributed by atoms with E-state index in [-0.39, 0.29) is 11.9 Å². The zero-order valence-corrected chi connectivity index (χ0v) is 10.5. The number of hydrogen-bond acceptors (Lipinski definition) is 2. The standard InChI is InChI=1S/C13H24N2O/c1-10(2)13(6-7-13)9-15-12(16)11-5-3-4-8-14-11/h10-11,14H,3-9H2,1-2H3,(H,15,16)/t11-/m1/s1. The second-order valence-electron chi connectivity index (χ2n) is 5.74. The van der Waals surface area contributed by atoms with Gasteiger partial charge in [-0.3, -0.25) is 4.79 Å². The van der Waals surface area contributed by atoms with Gasteiger partial charge in [-0.2, -0.15) is 0 Å². The van der Waals surface area contributed by atoms with E-state index in [1.54, 1.807) is 0 Å². The van der Waals surface area contributed by atoms with Crippen LogP contribution in [0.5, 0.6) is 0 Å². The Labute approximate surface area is 98.4 Å². The molecule has 1 atom stereocenters. The summed E-state index contributed by atoms with van der Waals surface area (Å²) in [5, 5.41) is 6.43. The van der Waals surface area contributed by atoms with Crippen LogP contribution in [0.4, 0.5) is 0 Å². The fraction of sp³-hybridized carbons (Fsp3) is 0.923. The topological polar surface area (TPSA) is 41.1 Å². The van der Waals surface area contributed by atoms with E-state index in [9.17, 15) is 4.79 Å². The lowest BCUT2D eigenvalue weighted by Gasteiger charge is -2.25. The Kier molecular flexibility index (Phi) is 3.53. The van der Waals surface area contributed by atoms with Gasteiger partial charge in [-0.1, -0.05) is 20.3 Å². The van der Waals surface area contributed by atoms with Crippen LogP contribution in [-0.4, -0.2) is 25.0 Å². The minimum absolute atomic E-state index is 0.0664. The average molecular weight is 224 g/mol. The summed E-state index contributed by atoms with van der Waals surface area (Å²) in [6.07, 6.45) is 5.95. The van der Waals surface area contributed by atoms with E-state index in [4.69, 9.17) is 0 Å². The number of amides is 1. The summed E-state index contributed by atoms with van der Waals surface area (Å²) in [5.74, 6) is 0.902. The molecular weight excluding hydrogens is 200 g/mol. The quantitative estimate of drug-likeness (QED) is 0.763. The summed E-state index contributed by atoms with van der Waals surface area (Å²) in [5.41, 5.74) is 0.421. The van der Waals surface area contributed by atoms with Gasteiger partial charge in [0.1, 0.15) is 0 Å². The van der Waals surface area contributed by atoms with E-state index in [0.717, 1.165) is 19.5 Å². The average Bonchev–Trinajstić information content (AvgIpc) is 3.08. The predicted octanol–water partition coefficient (Wildman–Crippen LogP) is 1.68. The molecule has 16 heavy (non-hydrogen) atoms. The molecule has 92 valence electrons. The summed E-state index contributed by atoms with van der Waals surface area (Å²) in [7, 11) is 0.